The van der Waals surface area contributed by atoms with Crippen LogP contribution in [0.2, 0.25) is 0 Å². The summed E-state index contributed by atoms with van der Waals surface area (Å²) >= 11 is 0. The Labute approximate surface area is 140 Å². The summed E-state index contributed by atoms with van der Waals surface area (Å²) < 4.78 is 0. The molecular formula is C16H20N6O2. The molecule has 24 heavy (non-hydrogen) atoms. The molecule has 1 fully saturated rings. The van der Waals surface area contributed by atoms with Gasteiger partial charge in [-0.15, -0.1) is 0 Å². The van der Waals surface area contributed by atoms with Crippen molar-refractivity contribution in [2.24, 2.45) is 0 Å². The molecule has 0 atom stereocenters. The molecule has 2 aromatic rings. The number of hydrogen-bond acceptors (Lipinski definition) is 7. The highest BCUT2D eigenvalue weighted by molar-refractivity contribution is 5.84. The summed E-state index contributed by atoms with van der Waals surface area (Å²) in [6.45, 7) is 3.88. The van der Waals surface area contributed by atoms with Crippen LogP contribution in [0.1, 0.15) is 35.9 Å². The van der Waals surface area contributed by atoms with Crippen LogP contribution in [0.15, 0.2) is 24.8 Å². The predicted octanol–water partition coefficient (Wildman–Crippen LogP) is 1.61. The van der Waals surface area contributed by atoms with E-state index in [1.165, 1.54) is 12.4 Å². The molecule has 1 saturated heterocycles. The van der Waals surface area contributed by atoms with E-state index in [0.29, 0.717) is 11.9 Å². The molecule has 3 rings (SSSR count). The smallest absolute Gasteiger partial charge is 0.356 e. The third kappa shape index (κ3) is 3.76. The molecular weight excluding hydrogens is 308 g/mol. The molecule has 2 N–H and O–H groups in total. The van der Waals surface area contributed by atoms with Crippen molar-refractivity contribution in [3.8, 4) is 0 Å². The first-order chi connectivity index (χ1) is 11.7. The number of carboxylic acids is 1. The van der Waals surface area contributed by atoms with Gasteiger partial charge in [-0.2, -0.15) is 0 Å². The molecule has 126 valence electrons. The van der Waals surface area contributed by atoms with Gasteiger partial charge in [-0.05, 0) is 19.3 Å². The first-order valence-electron chi connectivity index (χ1n) is 8.03. The molecule has 0 aromatic carbocycles. The van der Waals surface area contributed by atoms with Crippen molar-refractivity contribution in [2.45, 2.75) is 32.2 Å². The highest BCUT2D eigenvalue weighted by Crippen LogP contribution is 2.20. The van der Waals surface area contributed by atoms with E-state index in [0.717, 1.165) is 43.9 Å². The lowest BCUT2D eigenvalue weighted by molar-refractivity contribution is 0.0690. The van der Waals surface area contributed by atoms with Crippen molar-refractivity contribution in [1.29, 1.82) is 0 Å². The largest absolute Gasteiger partial charge is 0.476 e. The second kappa shape index (κ2) is 7.20. The molecule has 8 nitrogen and oxygen atoms in total. The van der Waals surface area contributed by atoms with Crippen LogP contribution in [0.25, 0.3) is 0 Å². The minimum atomic E-state index is -1.07. The summed E-state index contributed by atoms with van der Waals surface area (Å²) in [4.78, 5) is 29.6. The number of nitrogens with one attached hydrogen (secondary N) is 1. The van der Waals surface area contributed by atoms with Gasteiger partial charge in [0.05, 0.1) is 12.4 Å². The monoisotopic (exact) mass is 328 g/mol. The van der Waals surface area contributed by atoms with Crippen molar-refractivity contribution < 1.29 is 9.90 Å². The van der Waals surface area contributed by atoms with Crippen LogP contribution < -0.4 is 10.2 Å². The fourth-order valence-corrected chi connectivity index (χ4v) is 2.73. The van der Waals surface area contributed by atoms with E-state index in [1.807, 2.05) is 6.07 Å². The van der Waals surface area contributed by atoms with Crippen LogP contribution in [0, 0.1) is 0 Å². The Bertz CT molecular complexity index is 698. The van der Waals surface area contributed by atoms with Gasteiger partial charge in [0.25, 0.3) is 0 Å². The minimum absolute atomic E-state index is 0.0501. The number of piperidine rings is 1. The summed E-state index contributed by atoms with van der Waals surface area (Å²) in [7, 11) is 0. The van der Waals surface area contributed by atoms with Gasteiger partial charge in [-0.3, -0.25) is 0 Å². The number of hydrogen-bond donors (Lipinski definition) is 2. The lowest BCUT2D eigenvalue weighted by Gasteiger charge is -2.33. The van der Waals surface area contributed by atoms with E-state index < -0.39 is 5.97 Å². The Morgan fingerprint density at radius 1 is 1.25 bits per heavy atom. The van der Waals surface area contributed by atoms with Gasteiger partial charge in [0.2, 0.25) is 0 Å². The lowest BCUT2D eigenvalue weighted by atomic mass is 10.1. The zero-order chi connectivity index (χ0) is 16.9. The average Bonchev–Trinajstić information content (AvgIpc) is 2.63. The third-order valence-corrected chi connectivity index (χ3v) is 4.11. The average molecular weight is 328 g/mol. The third-order valence-electron chi connectivity index (χ3n) is 4.11. The molecule has 1 aliphatic heterocycles. The van der Waals surface area contributed by atoms with Crippen molar-refractivity contribution in [2.75, 3.05) is 23.3 Å². The first kappa shape index (κ1) is 16.1. The Kier molecular flexibility index (Phi) is 4.83. The minimum Gasteiger partial charge on any atom is -0.476 e. The number of carboxylic acid groups (broad SMARTS) is 1. The fraction of sp³-hybridized carbons (Fsp3) is 0.438. The second-order valence-corrected chi connectivity index (χ2v) is 5.72. The van der Waals surface area contributed by atoms with Gasteiger partial charge in [-0.1, -0.05) is 6.92 Å². The zero-order valence-electron chi connectivity index (χ0n) is 13.5. The zero-order valence-corrected chi connectivity index (χ0v) is 13.5. The highest BCUT2D eigenvalue weighted by atomic mass is 16.4. The molecule has 0 aliphatic carbocycles. The number of carbonyl (C=O) groups is 1. The summed E-state index contributed by atoms with van der Waals surface area (Å²) in [6.07, 6.45) is 7.17. The van der Waals surface area contributed by atoms with Gasteiger partial charge in [0, 0.05) is 30.9 Å². The maximum atomic E-state index is 10.8. The molecule has 0 bridgehead atoms. The Morgan fingerprint density at radius 3 is 2.67 bits per heavy atom. The van der Waals surface area contributed by atoms with Gasteiger partial charge in [0.15, 0.2) is 5.69 Å². The standard InChI is InChI=1S/C16H20N6O2/c1-2-11-7-15(20-10-19-11)22-5-3-12(4-6-22)21-14-9-17-13(8-18-14)16(23)24/h7-10,12H,2-6H2,1H3,(H,18,21)(H,23,24). The van der Waals surface area contributed by atoms with Gasteiger partial charge < -0.3 is 15.3 Å². The molecule has 1 aliphatic rings. The number of nitrogens with zero attached hydrogens (tertiary/aromatic N) is 5. The first-order valence-corrected chi connectivity index (χ1v) is 8.03. The number of aryl methyl sites for hydroxylation is 1. The Morgan fingerprint density at radius 2 is 2.04 bits per heavy atom. The van der Waals surface area contributed by atoms with Crippen molar-refractivity contribution in [1.82, 2.24) is 19.9 Å². The van der Waals surface area contributed by atoms with Crippen LogP contribution in [-0.2, 0) is 6.42 Å². The van der Waals surface area contributed by atoms with Crippen molar-refractivity contribution in [3.63, 3.8) is 0 Å². The van der Waals surface area contributed by atoms with E-state index in [1.54, 1.807) is 6.33 Å². The van der Waals surface area contributed by atoms with Crippen LogP contribution in [0.4, 0.5) is 11.6 Å². The van der Waals surface area contributed by atoms with Crippen LogP contribution in [0.3, 0.4) is 0 Å². The molecule has 0 saturated carbocycles. The maximum Gasteiger partial charge on any atom is 0.356 e. The van der Waals surface area contributed by atoms with Gasteiger partial charge in [0.1, 0.15) is 18.0 Å². The highest BCUT2D eigenvalue weighted by Gasteiger charge is 2.20. The molecule has 2 aromatic heterocycles. The summed E-state index contributed by atoms with van der Waals surface area (Å²) in [5.74, 6) is 0.512. The number of anilines is 2. The van der Waals surface area contributed by atoms with Crippen LogP contribution in [-0.4, -0.2) is 50.1 Å². The van der Waals surface area contributed by atoms with E-state index in [-0.39, 0.29) is 5.69 Å². The van der Waals surface area contributed by atoms with Crippen molar-refractivity contribution in [3.05, 3.63) is 36.2 Å². The lowest BCUT2D eigenvalue weighted by Crippen LogP contribution is -2.39. The molecule has 0 amide bonds. The Hall–Kier alpha value is -2.77. The van der Waals surface area contributed by atoms with Crippen molar-refractivity contribution >= 4 is 17.6 Å². The molecule has 0 spiro atoms. The Balaban J connectivity index is 1.55. The van der Waals surface area contributed by atoms with E-state index in [2.05, 4.69) is 37.1 Å². The predicted molar refractivity (Wildman–Crippen MR) is 89.3 cm³/mol. The SMILES string of the molecule is CCc1cc(N2CCC(Nc3cnc(C(=O)O)cn3)CC2)ncn1. The number of aromatic carboxylic acids is 1. The fourth-order valence-electron chi connectivity index (χ4n) is 2.73. The van der Waals surface area contributed by atoms with Crippen LogP contribution in [0.5, 0.6) is 0 Å². The molecule has 0 unspecified atom stereocenters. The second-order valence-electron chi connectivity index (χ2n) is 5.72. The van der Waals surface area contributed by atoms with E-state index in [4.69, 9.17) is 5.11 Å². The molecule has 0 radical (unpaired) electrons. The van der Waals surface area contributed by atoms with E-state index in [9.17, 15) is 4.79 Å². The van der Waals surface area contributed by atoms with Crippen LogP contribution >= 0.6 is 0 Å². The normalized spacial score (nSPS) is 15.3. The summed E-state index contributed by atoms with van der Waals surface area (Å²) in [5.41, 5.74) is 1.000. The molecule has 8 heteroatoms. The summed E-state index contributed by atoms with van der Waals surface area (Å²) in [5, 5.41) is 12.1. The quantitative estimate of drug-likeness (QED) is 0.853. The van der Waals surface area contributed by atoms with Gasteiger partial charge in [-0.25, -0.2) is 24.7 Å². The van der Waals surface area contributed by atoms with E-state index >= 15 is 0 Å². The molecule has 3 heterocycles. The van der Waals surface area contributed by atoms with Gasteiger partial charge >= 0.3 is 5.97 Å². The maximum absolute atomic E-state index is 10.8. The summed E-state index contributed by atoms with van der Waals surface area (Å²) in [6, 6.07) is 2.34. The number of rotatable bonds is 5. The topological polar surface area (TPSA) is 104 Å². The number of aromatic nitrogens is 4.